The lowest BCUT2D eigenvalue weighted by atomic mass is 10.1. The average Bonchev–Trinajstić information content (AvgIpc) is 2.18. The van der Waals surface area contributed by atoms with E-state index in [1.54, 1.807) is 0 Å². The van der Waals surface area contributed by atoms with Crippen LogP contribution in [0.15, 0.2) is 23.2 Å². The van der Waals surface area contributed by atoms with E-state index < -0.39 is 11.5 Å². The fraction of sp³-hybridized carbons (Fsp3) is 0.125. The number of aliphatic hydroxyl groups excluding tert-OH is 1. The number of carbonyl (C=O) groups excluding carboxylic acids is 1. The standard InChI is InChI=1S/C8H6N2O4/c11-4-6-2-1-3-7(10(13)14)8(6)9-5-12/h1-3,11H,4H2. The summed E-state index contributed by atoms with van der Waals surface area (Å²) in [5, 5.41) is 19.3. The molecule has 0 spiro atoms. The first-order valence-electron chi connectivity index (χ1n) is 3.65. The minimum Gasteiger partial charge on any atom is -0.392 e. The lowest BCUT2D eigenvalue weighted by Crippen LogP contribution is -1.92. The van der Waals surface area contributed by atoms with Crippen LogP contribution < -0.4 is 0 Å². The SMILES string of the molecule is O=C=Nc1c(CO)cccc1[N+](=O)[O-]. The molecular formula is C8H6N2O4. The summed E-state index contributed by atoms with van der Waals surface area (Å²) < 4.78 is 0. The Morgan fingerprint density at radius 1 is 1.57 bits per heavy atom. The van der Waals surface area contributed by atoms with Gasteiger partial charge >= 0.3 is 0 Å². The fourth-order valence-electron chi connectivity index (χ4n) is 1.03. The quantitative estimate of drug-likeness (QED) is 0.337. The van der Waals surface area contributed by atoms with E-state index in [0.29, 0.717) is 0 Å². The molecule has 1 aromatic carbocycles. The van der Waals surface area contributed by atoms with Crippen molar-refractivity contribution < 1.29 is 14.8 Å². The molecule has 6 heteroatoms. The molecule has 0 aromatic heterocycles. The number of nitro benzene ring substituents is 1. The molecule has 1 N–H and O–H groups in total. The number of aliphatic imine (C=N–C) groups is 1. The highest BCUT2D eigenvalue weighted by Crippen LogP contribution is 2.30. The minimum atomic E-state index is -0.671. The van der Waals surface area contributed by atoms with Gasteiger partial charge in [0.15, 0.2) is 5.69 Å². The first kappa shape index (κ1) is 10.0. The zero-order chi connectivity index (χ0) is 10.6. The third-order valence-corrected chi connectivity index (χ3v) is 1.62. The molecule has 72 valence electrons. The van der Waals surface area contributed by atoms with Crippen molar-refractivity contribution in [3.8, 4) is 0 Å². The van der Waals surface area contributed by atoms with Gasteiger partial charge in [-0.3, -0.25) is 10.1 Å². The van der Waals surface area contributed by atoms with Gasteiger partial charge in [-0.2, -0.15) is 4.99 Å². The van der Waals surface area contributed by atoms with Gasteiger partial charge in [0.25, 0.3) is 5.69 Å². The van der Waals surface area contributed by atoms with Crippen LogP contribution in [0, 0.1) is 10.1 Å². The zero-order valence-electron chi connectivity index (χ0n) is 7.01. The normalized spacial score (nSPS) is 9.21. The molecule has 0 saturated heterocycles. The van der Waals surface area contributed by atoms with Crippen molar-refractivity contribution >= 4 is 17.5 Å². The highest BCUT2D eigenvalue weighted by Gasteiger charge is 2.16. The number of rotatable bonds is 3. The van der Waals surface area contributed by atoms with E-state index in [4.69, 9.17) is 5.11 Å². The highest BCUT2D eigenvalue weighted by molar-refractivity contribution is 5.65. The molecule has 0 aliphatic rings. The van der Waals surface area contributed by atoms with Crippen molar-refractivity contribution in [3.05, 3.63) is 33.9 Å². The maximum atomic E-state index is 10.5. The number of nitro groups is 1. The molecule has 0 bridgehead atoms. The smallest absolute Gasteiger partial charge is 0.296 e. The number of aliphatic hydroxyl groups is 1. The van der Waals surface area contributed by atoms with Crippen molar-refractivity contribution in [1.82, 2.24) is 0 Å². The average molecular weight is 194 g/mol. The van der Waals surface area contributed by atoms with Gasteiger partial charge in [0, 0.05) is 11.6 Å². The Morgan fingerprint density at radius 3 is 2.79 bits per heavy atom. The van der Waals surface area contributed by atoms with Gasteiger partial charge < -0.3 is 5.11 Å². The van der Waals surface area contributed by atoms with E-state index in [-0.39, 0.29) is 16.9 Å². The topological polar surface area (TPSA) is 92.8 Å². The Morgan fingerprint density at radius 2 is 2.29 bits per heavy atom. The van der Waals surface area contributed by atoms with Crippen molar-refractivity contribution in [2.75, 3.05) is 0 Å². The minimum absolute atomic E-state index is 0.144. The monoisotopic (exact) mass is 194 g/mol. The summed E-state index contributed by atoms with van der Waals surface area (Å²) in [5.41, 5.74) is -0.238. The molecule has 1 aromatic rings. The number of nitrogens with zero attached hydrogens (tertiary/aromatic N) is 2. The van der Waals surface area contributed by atoms with Crippen molar-refractivity contribution in [1.29, 1.82) is 0 Å². The Hall–Kier alpha value is -2.04. The van der Waals surface area contributed by atoms with Gasteiger partial charge in [-0.25, -0.2) is 4.79 Å². The van der Waals surface area contributed by atoms with Crippen LogP contribution in [-0.4, -0.2) is 16.1 Å². The first-order chi connectivity index (χ1) is 6.70. The molecule has 0 radical (unpaired) electrons. The van der Waals surface area contributed by atoms with Crippen LogP contribution in [0.1, 0.15) is 5.56 Å². The number of benzene rings is 1. The van der Waals surface area contributed by atoms with Gasteiger partial charge in [-0.1, -0.05) is 12.1 Å². The van der Waals surface area contributed by atoms with Gasteiger partial charge in [-0.15, -0.1) is 0 Å². The lowest BCUT2D eigenvalue weighted by Gasteiger charge is -2.00. The Kier molecular flexibility index (Phi) is 3.06. The van der Waals surface area contributed by atoms with Gasteiger partial charge in [-0.05, 0) is 0 Å². The third kappa shape index (κ3) is 1.82. The summed E-state index contributed by atoms with van der Waals surface area (Å²) in [7, 11) is 0. The molecule has 0 heterocycles. The maximum Gasteiger partial charge on any atom is 0.296 e. The molecular weight excluding hydrogens is 188 g/mol. The number of isocyanates is 1. The molecule has 0 aliphatic heterocycles. The van der Waals surface area contributed by atoms with Crippen LogP contribution in [-0.2, 0) is 11.4 Å². The molecule has 0 fully saturated rings. The molecule has 0 saturated carbocycles. The van der Waals surface area contributed by atoms with Crippen LogP contribution in [0.2, 0.25) is 0 Å². The first-order valence-corrected chi connectivity index (χ1v) is 3.65. The Balaban J connectivity index is 3.42. The summed E-state index contributed by atoms with van der Waals surface area (Å²) in [5.74, 6) is 0. The third-order valence-electron chi connectivity index (χ3n) is 1.62. The fourth-order valence-corrected chi connectivity index (χ4v) is 1.03. The molecule has 14 heavy (non-hydrogen) atoms. The summed E-state index contributed by atoms with van der Waals surface area (Å²) in [4.78, 5) is 23.0. The molecule has 0 aliphatic carbocycles. The number of para-hydroxylation sites is 1. The predicted octanol–water partition coefficient (Wildman–Crippen LogP) is 1.05. The van der Waals surface area contributed by atoms with Gasteiger partial charge in [0.1, 0.15) is 0 Å². The van der Waals surface area contributed by atoms with Crippen LogP contribution in [0.4, 0.5) is 11.4 Å². The van der Waals surface area contributed by atoms with Crippen molar-refractivity contribution in [2.24, 2.45) is 4.99 Å². The maximum absolute atomic E-state index is 10.5. The van der Waals surface area contributed by atoms with Crippen LogP contribution in [0.25, 0.3) is 0 Å². The van der Waals surface area contributed by atoms with Crippen molar-refractivity contribution in [2.45, 2.75) is 6.61 Å². The summed E-state index contributed by atoms with van der Waals surface area (Å²) in [6.45, 7) is -0.414. The number of hydrogen-bond donors (Lipinski definition) is 1. The zero-order valence-corrected chi connectivity index (χ0v) is 7.01. The largest absolute Gasteiger partial charge is 0.392 e. The van der Waals surface area contributed by atoms with E-state index in [1.165, 1.54) is 24.3 Å². The van der Waals surface area contributed by atoms with Crippen LogP contribution in [0.3, 0.4) is 0 Å². The molecule has 6 nitrogen and oxygen atoms in total. The van der Waals surface area contributed by atoms with Gasteiger partial charge in [0.2, 0.25) is 6.08 Å². The molecule has 1 rings (SSSR count). The van der Waals surface area contributed by atoms with E-state index in [9.17, 15) is 14.9 Å². The second kappa shape index (κ2) is 4.27. The number of hydrogen-bond acceptors (Lipinski definition) is 5. The summed E-state index contributed by atoms with van der Waals surface area (Å²) in [6.07, 6.45) is 1.21. The Bertz CT molecular complexity index is 410. The van der Waals surface area contributed by atoms with Crippen LogP contribution in [0.5, 0.6) is 0 Å². The molecule has 0 amide bonds. The van der Waals surface area contributed by atoms with E-state index in [2.05, 4.69) is 4.99 Å². The predicted molar refractivity (Wildman–Crippen MR) is 46.8 cm³/mol. The molecule has 0 unspecified atom stereocenters. The summed E-state index contributed by atoms with van der Waals surface area (Å²) in [6, 6.07) is 4.06. The lowest BCUT2D eigenvalue weighted by molar-refractivity contribution is -0.384. The highest BCUT2D eigenvalue weighted by atomic mass is 16.6. The Labute approximate surface area is 78.7 Å². The summed E-state index contributed by atoms with van der Waals surface area (Å²) >= 11 is 0. The van der Waals surface area contributed by atoms with Crippen molar-refractivity contribution in [3.63, 3.8) is 0 Å². The van der Waals surface area contributed by atoms with E-state index in [1.807, 2.05) is 0 Å². The van der Waals surface area contributed by atoms with Crippen LogP contribution >= 0.6 is 0 Å². The van der Waals surface area contributed by atoms with E-state index >= 15 is 0 Å². The van der Waals surface area contributed by atoms with E-state index in [0.717, 1.165) is 0 Å². The molecule has 0 atom stereocenters. The van der Waals surface area contributed by atoms with Gasteiger partial charge in [0.05, 0.1) is 11.5 Å². The second-order valence-electron chi connectivity index (χ2n) is 2.40. The second-order valence-corrected chi connectivity index (χ2v) is 2.40.